The third kappa shape index (κ3) is 5.24. The average Bonchev–Trinajstić information content (AvgIpc) is 2.89. The molecular formula is C32H37N3O. The zero-order valence-electron chi connectivity index (χ0n) is 22.2. The minimum absolute atomic E-state index is 0.471. The van der Waals surface area contributed by atoms with Crippen LogP contribution in [0, 0.1) is 0 Å². The van der Waals surface area contributed by atoms with E-state index in [1.165, 1.54) is 0 Å². The van der Waals surface area contributed by atoms with Crippen molar-refractivity contribution in [1.82, 2.24) is 0 Å². The lowest BCUT2D eigenvalue weighted by molar-refractivity contribution is 0.0817. The van der Waals surface area contributed by atoms with Gasteiger partial charge in [-0.15, -0.1) is 0 Å². The molecule has 4 heteroatoms. The van der Waals surface area contributed by atoms with E-state index in [0.717, 1.165) is 44.9 Å². The number of hydrogen-bond acceptors (Lipinski definition) is 4. The average molecular weight is 480 g/mol. The van der Waals surface area contributed by atoms with Crippen LogP contribution in [0.5, 0.6) is 0 Å². The third-order valence-electron chi connectivity index (χ3n) is 6.81. The predicted molar refractivity (Wildman–Crippen MR) is 154 cm³/mol. The van der Waals surface area contributed by atoms with Gasteiger partial charge in [0.05, 0.1) is 0 Å². The molecule has 0 aliphatic rings. The van der Waals surface area contributed by atoms with Crippen molar-refractivity contribution in [3.63, 3.8) is 0 Å². The molecule has 36 heavy (non-hydrogen) atoms. The number of nitrogens with zero attached hydrogens (tertiary/aromatic N) is 3. The van der Waals surface area contributed by atoms with Crippen LogP contribution < -0.4 is 14.7 Å². The second kappa shape index (κ2) is 10.5. The molecule has 0 saturated heterocycles. The first-order valence-electron chi connectivity index (χ1n) is 12.3. The number of benzene rings is 4. The normalized spacial score (nSPS) is 12.6. The Balaban J connectivity index is 1.89. The van der Waals surface area contributed by atoms with E-state index in [4.69, 9.17) is 0 Å². The fourth-order valence-electron chi connectivity index (χ4n) is 4.67. The largest absolute Gasteiger partial charge is 0.380 e. The molecule has 4 aromatic rings. The van der Waals surface area contributed by atoms with Crippen LogP contribution in [0.15, 0.2) is 97.1 Å². The highest BCUT2D eigenvalue weighted by molar-refractivity contribution is 5.72. The third-order valence-corrected chi connectivity index (χ3v) is 6.81. The summed E-state index contributed by atoms with van der Waals surface area (Å²) in [5.74, 6) is 0. The number of rotatable bonds is 8. The van der Waals surface area contributed by atoms with Crippen molar-refractivity contribution in [2.45, 2.75) is 12.0 Å². The van der Waals surface area contributed by atoms with E-state index in [-0.39, 0.29) is 0 Å². The van der Waals surface area contributed by atoms with Gasteiger partial charge in [0.25, 0.3) is 0 Å². The Morgan fingerprint density at radius 2 is 1.11 bits per heavy atom. The number of aliphatic hydroxyl groups is 1. The van der Waals surface area contributed by atoms with E-state index in [2.05, 4.69) is 93.6 Å². The van der Waals surface area contributed by atoms with Crippen LogP contribution in [0.4, 0.5) is 17.1 Å². The highest BCUT2D eigenvalue weighted by atomic mass is 16.3. The van der Waals surface area contributed by atoms with Crippen molar-refractivity contribution in [3.8, 4) is 11.1 Å². The predicted octanol–water partition coefficient (Wildman–Crippen LogP) is 6.03. The lowest BCUT2D eigenvalue weighted by Gasteiger charge is -2.34. The van der Waals surface area contributed by atoms with Crippen LogP contribution in [0.1, 0.15) is 16.7 Å². The molecule has 0 aliphatic heterocycles. The maximum atomic E-state index is 12.6. The molecular weight excluding hydrogens is 442 g/mol. The van der Waals surface area contributed by atoms with Crippen molar-refractivity contribution in [3.05, 3.63) is 114 Å². The van der Waals surface area contributed by atoms with Gasteiger partial charge >= 0.3 is 0 Å². The molecule has 0 aliphatic carbocycles. The summed E-state index contributed by atoms with van der Waals surface area (Å²) in [6, 6.07) is 33.4. The van der Waals surface area contributed by atoms with E-state index in [0.29, 0.717) is 6.42 Å². The first-order valence-corrected chi connectivity index (χ1v) is 12.3. The van der Waals surface area contributed by atoms with Crippen LogP contribution in [0.2, 0.25) is 0 Å². The fourth-order valence-corrected chi connectivity index (χ4v) is 4.67. The second-order valence-corrected chi connectivity index (χ2v) is 10.0. The quantitative estimate of drug-likeness (QED) is 0.334. The van der Waals surface area contributed by atoms with Gasteiger partial charge in [0, 0.05) is 71.3 Å². The van der Waals surface area contributed by atoms with Crippen molar-refractivity contribution >= 4 is 17.1 Å². The minimum atomic E-state index is -1.22. The van der Waals surface area contributed by atoms with Gasteiger partial charge in [-0.2, -0.15) is 0 Å². The Morgan fingerprint density at radius 1 is 0.583 bits per heavy atom. The Hall–Kier alpha value is -3.76. The molecule has 0 aromatic heterocycles. The maximum absolute atomic E-state index is 12.6. The van der Waals surface area contributed by atoms with Crippen LogP contribution in [-0.4, -0.2) is 47.4 Å². The van der Waals surface area contributed by atoms with Gasteiger partial charge in [-0.3, -0.25) is 0 Å². The molecule has 0 spiro atoms. The highest BCUT2D eigenvalue weighted by Crippen LogP contribution is 2.41. The molecule has 4 aromatic carbocycles. The summed E-state index contributed by atoms with van der Waals surface area (Å²) < 4.78 is 0. The Morgan fingerprint density at radius 3 is 1.64 bits per heavy atom. The zero-order chi connectivity index (χ0) is 25.9. The van der Waals surface area contributed by atoms with Crippen LogP contribution in [-0.2, 0) is 12.0 Å². The van der Waals surface area contributed by atoms with E-state index >= 15 is 0 Å². The molecule has 1 atom stereocenters. The second-order valence-electron chi connectivity index (χ2n) is 10.0. The zero-order valence-corrected chi connectivity index (χ0v) is 22.2. The van der Waals surface area contributed by atoms with Crippen LogP contribution >= 0.6 is 0 Å². The maximum Gasteiger partial charge on any atom is 0.121 e. The topological polar surface area (TPSA) is 30.0 Å². The summed E-state index contributed by atoms with van der Waals surface area (Å²) in [4.78, 5) is 6.25. The molecule has 4 rings (SSSR count). The molecule has 186 valence electrons. The van der Waals surface area contributed by atoms with E-state index < -0.39 is 5.60 Å². The van der Waals surface area contributed by atoms with Gasteiger partial charge in [0.1, 0.15) is 5.60 Å². The summed E-state index contributed by atoms with van der Waals surface area (Å²) in [5, 5.41) is 12.6. The summed E-state index contributed by atoms with van der Waals surface area (Å²) in [7, 11) is 12.2. The molecule has 0 heterocycles. The molecule has 0 saturated carbocycles. The van der Waals surface area contributed by atoms with Crippen molar-refractivity contribution in [2.24, 2.45) is 0 Å². The Bertz CT molecular complexity index is 1280. The molecule has 0 amide bonds. The van der Waals surface area contributed by atoms with Gasteiger partial charge in [-0.05, 0) is 58.7 Å². The van der Waals surface area contributed by atoms with Gasteiger partial charge in [0.15, 0.2) is 0 Å². The first kappa shape index (κ1) is 25.3. The molecule has 0 bridgehead atoms. The lowest BCUT2D eigenvalue weighted by Crippen LogP contribution is -2.32. The molecule has 1 unspecified atom stereocenters. The molecule has 0 fully saturated rings. The highest BCUT2D eigenvalue weighted by Gasteiger charge is 2.35. The van der Waals surface area contributed by atoms with Crippen LogP contribution in [0.3, 0.4) is 0 Å². The summed E-state index contributed by atoms with van der Waals surface area (Å²) in [6.45, 7) is 0. The summed E-state index contributed by atoms with van der Waals surface area (Å²) >= 11 is 0. The number of anilines is 3. The van der Waals surface area contributed by atoms with E-state index in [1.807, 2.05) is 60.5 Å². The van der Waals surface area contributed by atoms with Gasteiger partial charge < -0.3 is 19.8 Å². The number of hydrogen-bond donors (Lipinski definition) is 1. The Kier molecular flexibility index (Phi) is 7.37. The molecule has 0 radical (unpaired) electrons. The molecule has 4 nitrogen and oxygen atoms in total. The van der Waals surface area contributed by atoms with Crippen molar-refractivity contribution in [1.29, 1.82) is 0 Å². The van der Waals surface area contributed by atoms with Gasteiger partial charge in [-0.25, -0.2) is 0 Å². The van der Waals surface area contributed by atoms with Gasteiger partial charge in [-0.1, -0.05) is 60.7 Å². The molecule has 1 N–H and O–H groups in total. The van der Waals surface area contributed by atoms with Crippen molar-refractivity contribution in [2.75, 3.05) is 57.0 Å². The SMILES string of the molecule is CN(C)c1ccc(-c2ccc(N(C)C)c(C(O)(Cc3ccccc3)c3ccc(N(C)C)cc3)c2)cc1. The Labute approximate surface area is 216 Å². The van der Waals surface area contributed by atoms with Crippen molar-refractivity contribution < 1.29 is 5.11 Å². The monoisotopic (exact) mass is 479 g/mol. The van der Waals surface area contributed by atoms with E-state index in [1.54, 1.807) is 0 Å². The van der Waals surface area contributed by atoms with Crippen LogP contribution in [0.25, 0.3) is 11.1 Å². The van der Waals surface area contributed by atoms with E-state index in [9.17, 15) is 5.11 Å². The summed E-state index contributed by atoms with van der Waals surface area (Å²) in [5.41, 5.74) is 7.10. The summed E-state index contributed by atoms with van der Waals surface area (Å²) in [6.07, 6.45) is 0.471. The standard InChI is InChI=1S/C32H37N3O/c1-33(2)28-17-12-25(13-18-28)26-14-21-31(35(5)6)30(22-26)32(36,23-24-10-8-7-9-11-24)27-15-19-29(20-16-27)34(3)4/h7-22,36H,23H2,1-6H3. The smallest absolute Gasteiger partial charge is 0.121 e. The fraction of sp³-hybridized carbons (Fsp3) is 0.250. The lowest BCUT2D eigenvalue weighted by atomic mass is 9.79. The van der Waals surface area contributed by atoms with Gasteiger partial charge in [0.2, 0.25) is 0 Å². The first-order chi connectivity index (χ1) is 17.2. The minimum Gasteiger partial charge on any atom is -0.380 e.